The van der Waals surface area contributed by atoms with Crippen LogP contribution in [0.1, 0.15) is 0 Å². The summed E-state index contributed by atoms with van der Waals surface area (Å²) in [6.07, 6.45) is -9.25. The van der Waals surface area contributed by atoms with Crippen LogP contribution in [0.15, 0.2) is 0 Å². The molecule has 0 fully saturated rings. The lowest BCUT2D eigenvalue weighted by Crippen LogP contribution is -2.46. The first-order valence-corrected chi connectivity index (χ1v) is 3.40. The minimum atomic E-state index is -2.92. The number of aliphatic hydroxyl groups is 4. The summed E-state index contributed by atoms with van der Waals surface area (Å²) in [4.78, 5) is 9.74. The lowest BCUT2D eigenvalue weighted by molar-refractivity contribution is -0.148. The first kappa shape index (κ1) is 12.4. The second-order valence-electron chi connectivity index (χ2n) is 2.44. The molecule has 13 heavy (non-hydrogen) atoms. The van der Waals surface area contributed by atoms with Crippen LogP contribution in [0.3, 0.4) is 0 Å². The highest BCUT2D eigenvalue weighted by Crippen LogP contribution is 2.09. The molecule has 0 heterocycles. The van der Waals surface area contributed by atoms with Crippen molar-refractivity contribution in [1.29, 1.82) is 0 Å². The van der Waals surface area contributed by atoms with E-state index < -0.39 is 37.1 Å². The van der Waals surface area contributed by atoms with Gasteiger partial charge in [-0.25, -0.2) is 4.39 Å². The van der Waals surface area contributed by atoms with Gasteiger partial charge in [-0.05, 0) is 0 Å². The summed E-state index contributed by atoms with van der Waals surface area (Å²) >= 11 is 0. The number of rotatable bonds is 5. The number of hydrogen-bond acceptors (Lipinski definition) is 5. The first-order chi connectivity index (χ1) is 5.91. The Balaban J connectivity index is 4.24. The van der Waals surface area contributed by atoms with Crippen LogP contribution in [-0.4, -0.2) is 57.6 Å². The van der Waals surface area contributed by atoms with E-state index in [0.29, 0.717) is 0 Å². The van der Waals surface area contributed by atoms with Crippen LogP contribution < -0.4 is 0 Å². The topological polar surface area (TPSA) is 98.0 Å². The van der Waals surface area contributed by atoms with Gasteiger partial charge in [0.25, 0.3) is 0 Å². The molecule has 0 saturated carbocycles. The maximum Gasteiger partial charge on any atom is 0.338 e. The van der Waals surface area contributed by atoms with Crippen LogP contribution in [0.2, 0.25) is 0 Å². The van der Waals surface area contributed by atoms with Crippen molar-refractivity contribution >= 4 is 6.04 Å². The summed E-state index contributed by atoms with van der Waals surface area (Å²) in [5, 5.41) is 34.4. The Bertz CT molecular complexity index is 176. The van der Waals surface area contributed by atoms with Crippen molar-refractivity contribution in [1.82, 2.24) is 0 Å². The maximum atomic E-state index is 12.3. The SMILES string of the molecule is O=C(F)C(F)C(O)C(O)C(O)CO. The molecule has 0 radical (unpaired) electrons. The lowest BCUT2D eigenvalue weighted by Gasteiger charge is -2.21. The molecule has 0 spiro atoms. The molecule has 0 saturated heterocycles. The first-order valence-electron chi connectivity index (χ1n) is 3.40. The largest absolute Gasteiger partial charge is 0.394 e. The molecule has 0 aromatic rings. The van der Waals surface area contributed by atoms with Crippen LogP contribution in [0.5, 0.6) is 0 Å². The van der Waals surface area contributed by atoms with Gasteiger partial charge in [0, 0.05) is 0 Å². The van der Waals surface area contributed by atoms with E-state index in [-0.39, 0.29) is 0 Å². The summed E-state index contributed by atoms with van der Waals surface area (Å²) in [5.41, 5.74) is 0. The van der Waals surface area contributed by atoms with Gasteiger partial charge in [0.05, 0.1) is 6.61 Å². The lowest BCUT2D eigenvalue weighted by atomic mass is 10.1. The molecule has 0 aliphatic rings. The van der Waals surface area contributed by atoms with E-state index in [9.17, 15) is 13.6 Å². The Morgan fingerprint density at radius 3 is 2.00 bits per heavy atom. The van der Waals surface area contributed by atoms with Crippen molar-refractivity contribution in [2.75, 3.05) is 6.61 Å². The Hall–Kier alpha value is -0.630. The zero-order chi connectivity index (χ0) is 10.6. The Kier molecular flexibility index (Phi) is 4.92. The molecule has 7 heteroatoms. The Morgan fingerprint density at radius 1 is 1.23 bits per heavy atom. The molecule has 0 bridgehead atoms. The smallest absolute Gasteiger partial charge is 0.338 e. The minimum Gasteiger partial charge on any atom is -0.394 e. The summed E-state index contributed by atoms with van der Waals surface area (Å²) < 4.78 is 24.0. The fourth-order valence-electron chi connectivity index (χ4n) is 0.643. The van der Waals surface area contributed by atoms with E-state index in [1.807, 2.05) is 0 Å². The molecule has 0 rings (SSSR count). The highest BCUT2D eigenvalue weighted by molar-refractivity contribution is 5.73. The summed E-state index contributed by atoms with van der Waals surface area (Å²) in [7, 11) is 0. The van der Waals surface area contributed by atoms with Crippen molar-refractivity contribution < 1.29 is 34.0 Å². The summed E-state index contributed by atoms with van der Waals surface area (Å²) in [5.74, 6) is 0. The van der Waals surface area contributed by atoms with Gasteiger partial charge in [-0.3, -0.25) is 4.79 Å². The molecule has 0 aromatic carbocycles. The maximum absolute atomic E-state index is 12.3. The quantitative estimate of drug-likeness (QED) is 0.381. The molecule has 4 atom stereocenters. The van der Waals surface area contributed by atoms with Crippen LogP contribution in [0, 0.1) is 0 Å². The van der Waals surface area contributed by atoms with Crippen molar-refractivity contribution in [3.05, 3.63) is 0 Å². The van der Waals surface area contributed by atoms with E-state index >= 15 is 0 Å². The van der Waals surface area contributed by atoms with E-state index in [0.717, 1.165) is 0 Å². The number of aliphatic hydroxyl groups excluding tert-OH is 4. The number of hydrogen-bond donors (Lipinski definition) is 4. The van der Waals surface area contributed by atoms with E-state index in [2.05, 4.69) is 0 Å². The molecule has 4 N–H and O–H groups in total. The van der Waals surface area contributed by atoms with Crippen LogP contribution in [0.4, 0.5) is 8.78 Å². The average molecular weight is 200 g/mol. The average Bonchev–Trinajstić information content (AvgIpc) is 2.12. The number of alkyl halides is 1. The molecule has 4 unspecified atom stereocenters. The van der Waals surface area contributed by atoms with Crippen molar-refractivity contribution in [3.63, 3.8) is 0 Å². The minimum absolute atomic E-state index is 0.939. The van der Waals surface area contributed by atoms with Crippen LogP contribution in [-0.2, 0) is 4.79 Å². The van der Waals surface area contributed by atoms with Gasteiger partial charge in [-0.2, -0.15) is 4.39 Å². The monoisotopic (exact) mass is 200 g/mol. The Morgan fingerprint density at radius 2 is 1.69 bits per heavy atom. The van der Waals surface area contributed by atoms with Gasteiger partial charge in [0.1, 0.15) is 18.3 Å². The van der Waals surface area contributed by atoms with E-state index in [1.165, 1.54) is 0 Å². The molecule has 0 aliphatic heterocycles. The summed E-state index contributed by atoms with van der Waals surface area (Å²) in [6.45, 7) is -0.939. The van der Waals surface area contributed by atoms with Crippen molar-refractivity contribution in [2.45, 2.75) is 24.5 Å². The number of carbonyl (C=O) groups is 1. The van der Waals surface area contributed by atoms with E-state index in [4.69, 9.17) is 20.4 Å². The second-order valence-corrected chi connectivity index (χ2v) is 2.44. The third kappa shape index (κ3) is 3.31. The van der Waals surface area contributed by atoms with E-state index in [1.54, 1.807) is 0 Å². The van der Waals surface area contributed by atoms with Gasteiger partial charge >= 0.3 is 6.04 Å². The van der Waals surface area contributed by atoms with Gasteiger partial charge in [-0.15, -0.1) is 0 Å². The third-order valence-corrected chi connectivity index (χ3v) is 1.45. The highest BCUT2D eigenvalue weighted by Gasteiger charge is 2.35. The molecule has 0 aliphatic carbocycles. The normalized spacial score (nSPS) is 20.5. The van der Waals surface area contributed by atoms with Crippen LogP contribution >= 0.6 is 0 Å². The number of halogens is 2. The third-order valence-electron chi connectivity index (χ3n) is 1.45. The molecular weight excluding hydrogens is 190 g/mol. The van der Waals surface area contributed by atoms with Gasteiger partial charge in [-0.1, -0.05) is 0 Å². The fourth-order valence-corrected chi connectivity index (χ4v) is 0.643. The van der Waals surface area contributed by atoms with Gasteiger partial charge in [0.15, 0.2) is 0 Å². The summed E-state index contributed by atoms with van der Waals surface area (Å²) in [6, 6.07) is -2.45. The zero-order valence-corrected chi connectivity index (χ0v) is 6.47. The molecule has 0 amide bonds. The number of carbonyl (C=O) groups excluding carboxylic acids is 1. The standard InChI is InChI=1S/C6H10F2O5/c7-3(6(8)13)5(12)4(11)2(10)1-9/h2-5,9-12H,1H2. The van der Waals surface area contributed by atoms with Crippen LogP contribution in [0.25, 0.3) is 0 Å². The fraction of sp³-hybridized carbons (Fsp3) is 0.833. The second kappa shape index (κ2) is 5.18. The Labute approximate surface area is 72.2 Å². The predicted molar refractivity (Wildman–Crippen MR) is 36.1 cm³/mol. The van der Waals surface area contributed by atoms with Crippen molar-refractivity contribution in [2.24, 2.45) is 0 Å². The van der Waals surface area contributed by atoms with Crippen molar-refractivity contribution in [3.8, 4) is 0 Å². The molecule has 5 nitrogen and oxygen atoms in total. The van der Waals surface area contributed by atoms with Gasteiger partial charge < -0.3 is 20.4 Å². The zero-order valence-electron chi connectivity index (χ0n) is 6.47. The molecule has 0 aromatic heterocycles. The molecular formula is C6H10F2O5. The highest BCUT2D eigenvalue weighted by atomic mass is 19.2. The van der Waals surface area contributed by atoms with Gasteiger partial charge in [0.2, 0.25) is 6.17 Å². The molecule has 78 valence electrons. The predicted octanol–water partition coefficient (Wildman–Crippen LogP) is -2.10.